The number of ether oxygens (including phenoxy) is 2. The lowest BCUT2D eigenvalue weighted by molar-refractivity contribution is -0.647. The summed E-state index contributed by atoms with van der Waals surface area (Å²) in [5.41, 5.74) is 1.19. The first-order valence-corrected chi connectivity index (χ1v) is 11.4. The van der Waals surface area contributed by atoms with E-state index >= 15 is 0 Å². The molecule has 3 N–H and O–H groups in total. The number of carbonyl (C=O) groups excluding carboxylic acids is 2. The molecule has 0 spiro atoms. The highest BCUT2D eigenvalue weighted by Gasteiger charge is 2.55. The summed E-state index contributed by atoms with van der Waals surface area (Å²) in [6.07, 6.45) is -6.20. The standard InChI is InChI=1S/C24H27F2N3O9/c25-24(26,21(31)32)20(30)19(28(29(35)36)23(34)38-16-18-11-5-2-6-12-18)13-7-8-14-27-22(33)37-15-17-9-3-1-4-10-17/h1-6,9-12,19-20,30H,7-8,13-16H2,(H,27,33)(H,31,32). The minimum absolute atomic E-state index is 0.00803. The summed E-state index contributed by atoms with van der Waals surface area (Å²) in [5, 5.41) is 31.2. The Morgan fingerprint density at radius 2 is 1.50 bits per heavy atom. The van der Waals surface area contributed by atoms with Crippen LogP contribution in [0.4, 0.5) is 18.4 Å². The van der Waals surface area contributed by atoms with Crippen molar-refractivity contribution in [2.45, 2.75) is 50.5 Å². The molecule has 0 aliphatic rings. The predicted molar refractivity (Wildman–Crippen MR) is 126 cm³/mol. The molecule has 0 heterocycles. The number of carbonyl (C=O) groups is 3. The fourth-order valence-electron chi connectivity index (χ4n) is 3.33. The number of hydrogen-bond acceptors (Lipinski definition) is 8. The second-order valence-corrected chi connectivity index (χ2v) is 8.05. The molecule has 38 heavy (non-hydrogen) atoms. The van der Waals surface area contributed by atoms with Gasteiger partial charge in [-0.25, -0.2) is 24.5 Å². The Hall–Kier alpha value is -4.33. The summed E-state index contributed by atoms with van der Waals surface area (Å²) < 4.78 is 38.1. The first-order chi connectivity index (χ1) is 18.0. The zero-order valence-corrected chi connectivity index (χ0v) is 20.1. The Bertz CT molecular complexity index is 1070. The van der Waals surface area contributed by atoms with Crippen LogP contribution in [0.3, 0.4) is 0 Å². The van der Waals surface area contributed by atoms with Crippen LogP contribution in [-0.4, -0.2) is 63.0 Å². The Morgan fingerprint density at radius 1 is 0.974 bits per heavy atom. The molecule has 0 fully saturated rings. The number of hydrazine groups is 1. The molecule has 0 aliphatic heterocycles. The highest BCUT2D eigenvalue weighted by atomic mass is 19.3. The third kappa shape index (κ3) is 8.96. The minimum atomic E-state index is -4.81. The number of nitrogens with one attached hydrogen (secondary N) is 1. The highest BCUT2D eigenvalue weighted by molar-refractivity contribution is 5.76. The van der Waals surface area contributed by atoms with Gasteiger partial charge in [-0.15, -0.1) is 0 Å². The average molecular weight is 539 g/mol. The molecule has 2 rings (SSSR count). The van der Waals surface area contributed by atoms with Gasteiger partial charge in [0.15, 0.2) is 11.1 Å². The lowest BCUT2D eigenvalue weighted by Crippen LogP contribution is -2.57. The fourth-order valence-corrected chi connectivity index (χ4v) is 3.33. The molecule has 12 nitrogen and oxygen atoms in total. The van der Waals surface area contributed by atoms with E-state index in [-0.39, 0.29) is 31.0 Å². The Labute approximate surface area is 215 Å². The number of aliphatic hydroxyl groups excluding tert-OH is 1. The maximum Gasteiger partial charge on any atom is 0.468 e. The van der Waals surface area contributed by atoms with Gasteiger partial charge in [-0.2, -0.15) is 8.78 Å². The summed E-state index contributed by atoms with van der Waals surface area (Å²) in [7, 11) is 0. The van der Waals surface area contributed by atoms with Gasteiger partial charge in [-0.05, 0) is 35.4 Å². The van der Waals surface area contributed by atoms with Gasteiger partial charge in [-0.3, -0.25) is 0 Å². The number of rotatable bonds is 14. The van der Waals surface area contributed by atoms with E-state index in [9.17, 15) is 38.4 Å². The molecule has 2 unspecified atom stereocenters. The molecule has 0 bridgehead atoms. The maximum absolute atomic E-state index is 14.1. The smallest absolute Gasteiger partial charge is 0.468 e. The fraction of sp³-hybridized carbons (Fsp3) is 0.375. The van der Waals surface area contributed by atoms with Crippen molar-refractivity contribution in [2.24, 2.45) is 0 Å². The summed E-state index contributed by atoms with van der Waals surface area (Å²) in [6.45, 7) is -0.450. The highest BCUT2D eigenvalue weighted by Crippen LogP contribution is 2.27. The molecule has 2 aromatic carbocycles. The SMILES string of the molecule is O=C(NCCCCC(C(O)C(F)(F)C(=O)O)N(C(=O)OCc1ccccc1)[N+](=O)[O-])OCc1ccccc1. The Morgan fingerprint density at radius 3 is 2.00 bits per heavy atom. The van der Waals surface area contributed by atoms with Crippen molar-refractivity contribution < 1.29 is 47.9 Å². The second-order valence-electron chi connectivity index (χ2n) is 8.05. The molecular weight excluding hydrogens is 512 g/mol. The molecule has 206 valence electrons. The van der Waals surface area contributed by atoms with Crippen LogP contribution in [0.25, 0.3) is 0 Å². The first kappa shape index (κ1) is 29.9. The number of aliphatic carboxylic acids is 1. The lowest BCUT2D eigenvalue weighted by Gasteiger charge is -2.29. The molecule has 0 aromatic heterocycles. The summed E-state index contributed by atoms with van der Waals surface area (Å²) in [4.78, 5) is 46.9. The molecular formula is C24H27F2N3O9. The molecule has 2 atom stereocenters. The quantitative estimate of drug-likeness (QED) is 0.185. The largest absolute Gasteiger partial charge is 0.477 e. The molecule has 2 amide bonds. The maximum atomic E-state index is 14.1. The third-order valence-corrected chi connectivity index (χ3v) is 5.31. The lowest BCUT2D eigenvalue weighted by atomic mass is 9.98. The molecule has 0 saturated heterocycles. The van der Waals surface area contributed by atoms with E-state index in [1.165, 1.54) is 0 Å². The topological polar surface area (TPSA) is 169 Å². The summed E-state index contributed by atoms with van der Waals surface area (Å²) in [6, 6.07) is 14.6. The number of hydrogen-bond donors (Lipinski definition) is 3. The molecule has 0 saturated carbocycles. The molecule has 14 heteroatoms. The van der Waals surface area contributed by atoms with Crippen LogP contribution in [0.2, 0.25) is 0 Å². The van der Waals surface area contributed by atoms with Crippen molar-refractivity contribution in [1.29, 1.82) is 0 Å². The van der Waals surface area contributed by atoms with Crippen molar-refractivity contribution in [2.75, 3.05) is 6.54 Å². The number of amides is 2. The number of aliphatic hydroxyl groups is 1. The molecule has 0 aliphatic carbocycles. The van der Waals surface area contributed by atoms with E-state index in [4.69, 9.17) is 14.6 Å². The van der Waals surface area contributed by atoms with Crippen LogP contribution in [0, 0.1) is 10.1 Å². The van der Waals surface area contributed by atoms with Crippen molar-refractivity contribution in [3.8, 4) is 0 Å². The number of nitro groups is 1. The number of alkyl carbamates (subject to hydrolysis) is 1. The van der Waals surface area contributed by atoms with Crippen LogP contribution in [0.1, 0.15) is 30.4 Å². The minimum Gasteiger partial charge on any atom is -0.477 e. The number of carboxylic acids is 1. The van der Waals surface area contributed by atoms with Gasteiger partial charge < -0.3 is 25.0 Å². The van der Waals surface area contributed by atoms with Gasteiger partial charge in [0, 0.05) is 6.54 Å². The van der Waals surface area contributed by atoms with Crippen LogP contribution in [-0.2, 0) is 27.5 Å². The average Bonchev–Trinajstić information content (AvgIpc) is 2.90. The van der Waals surface area contributed by atoms with E-state index < -0.39 is 54.3 Å². The number of carboxylic acid groups (broad SMARTS) is 1. The van der Waals surface area contributed by atoms with Gasteiger partial charge >= 0.3 is 24.1 Å². The monoisotopic (exact) mass is 539 g/mol. The second kappa shape index (κ2) is 14.4. The van der Waals surface area contributed by atoms with Gasteiger partial charge in [0.05, 0.1) is 0 Å². The Balaban J connectivity index is 1.99. The number of unbranched alkanes of at least 4 members (excludes halogenated alkanes) is 1. The van der Waals surface area contributed by atoms with E-state index in [1.807, 2.05) is 0 Å². The molecule has 2 aromatic rings. The number of alkyl halides is 2. The van der Waals surface area contributed by atoms with E-state index in [2.05, 4.69) is 5.32 Å². The van der Waals surface area contributed by atoms with Crippen molar-refractivity contribution in [3.63, 3.8) is 0 Å². The van der Waals surface area contributed by atoms with Crippen LogP contribution in [0.5, 0.6) is 0 Å². The number of benzene rings is 2. The van der Waals surface area contributed by atoms with Crippen molar-refractivity contribution in [3.05, 3.63) is 81.9 Å². The third-order valence-electron chi connectivity index (χ3n) is 5.31. The van der Waals surface area contributed by atoms with Gasteiger partial charge in [0.1, 0.15) is 19.3 Å². The summed E-state index contributed by atoms with van der Waals surface area (Å²) in [5.74, 6) is -7.53. The van der Waals surface area contributed by atoms with Crippen LogP contribution >= 0.6 is 0 Å². The zero-order valence-electron chi connectivity index (χ0n) is 20.1. The first-order valence-electron chi connectivity index (χ1n) is 11.4. The van der Waals surface area contributed by atoms with Crippen LogP contribution < -0.4 is 5.32 Å². The molecule has 0 radical (unpaired) electrons. The Kier molecular flexibility index (Phi) is 11.3. The van der Waals surface area contributed by atoms with Crippen LogP contribution in [0.15, 0.2) is 60.7 Å². The van der Waals surface area contributed by atoms with Crippen molar-refractivity contribution >= 4 is 18.2 Å². The van der Waals surface area contributed by atoms with E-state index in [0.29, 0.717) is 5.56 Å². The van der Waals surface area contributed by atoms with E-state index in [0.717, 1.165) is 5.56 Å². The summed E-state index contributed by atoms with van der Waals surface area (Å²) >= 11 is 0. The van der Waals surface area contributed by atoms with Gasteiger partial charge in [0.2, 0.25) is 0 Å². The van der Waals surface area contributed by atoms with Gasteiger partial charge in [0.25, 0.3) is 0 Å². The zero-order chi connectivity index (χ0) is 28.1. The predicted octanol–water partition coefficient (Wildman–Crippen LogP) is 3.36. The number of halogens is 2. The number of nitrogens with zero attached hydrogens (tertiary/aromatic N) is 2. The van der Waals surface area contributed by atoms with Gasteiger partial charge in [-0.1, -0.05) is 60.7 Å². The normalized spacial score (nSPS) is 12.6. The van der Waals surface area contributed by atoms with Crippen molar-refractivity contribution in [1.82, 2.24) is 10.3 Å². The van der Waals surface area contributed by atoms with E-state index in [1.54, 1.807) is 60.7 Å².